The molecule has 0 spiro atoms. The predicted molar refractivity (Wildman–Crippen MR) is 76.4 cm³/mol. The number of hydrogen-bond donors (Lipinski definition) is 0. The van der Waals surface area contributed by atoms with E-state index in [1.165, 1.54) is 0 Å². The Balaban J connectivity index is 2.38. The molecule has 0 aromatic heterocycles. The Hall–Kier alpha value is -1.26. The van der Waals surface area contributed by atoms with Gasteiger partial charge in [0.25, 0.3) is 0 Å². The highest BCUT2D eigenvalue weighted by Crippen LogP contribution is 2.19. The van der Waals surface area contributed by atoms with Gasteiger partial charge in [-0.3, -0.25) is 4.79 Å². The first-order valence-electron chi connectivity index (χ1n) is 7.45. The van der Waals surface area contributed by atoms with Crippen molar-refractivity contribution in [2.75, 3.05) is 19.7 Å². The first-order chi connectivity index (χ1) is 9.31. The second kappa shape index (κ2) is 7.50. The van der Waals surface area contributed by atoms with Gasteiger partial charge in [0, 0.05) is 25.4 Å². The average molecular weight is 285 g/mol. The van der Waals surface area contributed by atoms with Crippen molar-refractivity contribution in [1.82, 2.24) is 4.90 Å². The van der Waals surface area contributed by atoms with Crippen molar-refractivity contribution in [3.05, 3.63) is 0 Å². The zero-order valence-corrected chi connectivity index (χ0v) is 13.1. The molecule has 0 unspecified atom stereocenters. The van der Waals surface area contributed by atoms with E-state index in [4.69, 9.17) is 9.47 Å². The molecule has 1 saturated heterocycles. The number of piperidine rings is 1. The molecule has 1 aliphatic heterocycles. The van der Waals surface area contributed by atoms with Crippen molar-refractivity contribution < 1.29 is 19.1 Å². The monoisotopic (exact) mass is 285 g/mol. The van der Waals surface area contributed by atoms with Crippen molar-refractivity contribution in [2.45, 2.75) is 59.0 Å². The molecule has 0 aromatic carbocycles. The fourth-order valence-corrected chi connectivity index (χ4v) is 2.18. The molecule has 1 atom stereocenters. The van der Waals surface area contributed by atoms with Gasteiger partial charge in [-0.15, -0.1) is 0 Å². The van der Waals surface area contributed by atoms with Crippen LogP contribution in [0.1, 0.15) is 53.4 Å². The van der Waals surface area contributed by atoms with Crippen molar-refractivity contribution >= 4 is 12.1 Å². The number of ether oxygens (including phenoxy) is 2. The molecular weight excluding hydrogens is 258 g/mol. The molecule has 1 rings (SSSR count). The van der Waals surface area contributed by atoms with E-state index in [0.717, 1.165) is 19.3 Å². The van der Waals surface area contributed by atoms with Gasteiger partial charge in [-0.25, -0.2) is 4.79 Å². The maximum absolute atomic E-state index is 12.0. The van der Waals surface area contributed by atoms with Crippen LogP contribution in [0.5, 0.6) is 0 Å². The summed E-state index contributed by atoms with van der Waals surface area (Å²) >= 11 is 0. The van der Waals surface area contributed by atoms with Gasteiger partial charge in [0.1, 0.15) is 5.60 Å². The van der Waals surface area contributed by atoms with E-state index in [1.807, 2.05) is 27.7 Å². The second-order valence-electron chi connectivity index (χ2n) is 6.37. The van der Waals surface area contributed by atoms with Crippen molar-refractivity contribution in [1.29, 1.82) is 0 Å². The van der Waals surface area contributed by atoms with Crippen molar-refractivity contribution in [3.63, 3.8) is 0 Å². The molecule has 0 radical (unpaired) electrons. The molecule has 1 aliphatic rings. The molecule has 20 heavy (non-hydrogen) atoms. The number of carbonyl (C=O) groups excluding carboxylic acids is 2. The summed E-state index contributed by atoms with van der Waals surface area (Å²) in [6.07, 6.45) is 2.89. The fraction of sp³-hybridized carbons (Fsp3) is 0.867. The van der Waals surface area contributed by atoms with Crippen LogP contribution in [0, 0.1) is 5.92 Å². The van der Waals surface area contributed by atoms with Crippen LogP contribution in [0.2, 0.25) is 0 Å². The van der Waals surface area contributed by atoms with E-state index in [0.29, 0.717) is 26.1 Å². The third-order valence-corrected chi connectivity index (χ3v) is 3.10. The van der Waals surface area contributed by atoms with E-state index in [1.54, 1.807) is 4.90 Å². The van der Waals surface area contributed by atoms with E-state index in [9.17, 15) is 9.59 Å². The Morgan fingerprint density at radius 3 is 2.60 bits per heavy atom. The van der Waals surface area contributed by atoms with Gasteiger partial charge in [0.15, 0.2) is 0 Å². The van der Waals surface area contributed by atoms with Crippen LogP contribution in [-0.4, -0.2) is 42.3 Å². The lowest BCUT2D eigenvalue weighted by Crippen LogP contribution is -2.44. The number of nitrogens with zero attached hydrogens (tertiary/aromatic N) is 1. The fourth-order valence-electron chi connectivity index (χ4n) is 2.18. The lowest BCUT2D eigenvalue weighted by molar-refractivity contribution is -0.145. The molecule has 1 fully saturated rings. The number of carbonyl (C=O) groups is 2. The molecule has 1 heterocycles. The molecule has 1 amide bonds. The highest BCUT2D eigenvalue weighted by molar-refractivity contribution is 5.69. The van der Waals surface area contributed by atoms with Crippen LogP contribution in [0.4, 0.5) is 4.79 Å². The summed E-state index contributed by atoms with van der Waals surface area (Å²) in [5, 5.41) is 0. The number of likely N-dealkylation sites (tertiary alicyclic amines) is 1. The van der Waals surface area contributed by atoms with Crippen LogP contribution in [0.3, 0.4) is 0 Å². The summed E-state index contributed by atoms with van der Waals surface area (Å²) in [5.41, 5.74) is -0.475. The molecule has 0 bridgehead atoms. The summed E-state index contributed by atoms with van der Waals surface area (Å²) in [6.45, 7) is 9.25. The molecule has 5 heteroatoms. The summed E-state index contributed by atoms with van der Waals surface area (Å²) in [7, 11) is 0. The lowest BCUT2D eigenvalue weighted by Gasteiger charge is -2.33. The Kier molecular flexibility index (Phi) is 6.30. The number of hydrogen-bond acceptors (Lipinski definition) is 4. The van der Waals surface area contributed by atoms with Crippen LogP contribution in [0.25, 0.3) is 0 Å². The van der Waals surface area contributed by atoms with Gasteiger partial charge in [0.2, 0.25) is 0 Å². The highest BCUT2D eigenvalue weighted by Gasteiger charge is 2.28. The van der Waals surface area contributed by atoms with E-state index < -0.39 is 5.60 Å². The Morgan fingerprint density at radius 1 is 1.30 bits per heavy atom. The molecular formula is C15H27NO4. The van der Waals surface area contributed by atoms with Crippen molar-refractivity contribution in [2.24, 2.45) is 5.92 Å². The van der Waals surface area contributed by atoms with Crippen LogP contribution in [-0.2, 0) is 14.3 Å². The third kappa shape index (κ3) is 6.26. The van der Waals surface area contributed by atoms with Gasteiger partial charge in [-0.2, -0.15) is 0 Å². The average Bonchev–Trinajstić information content (AvgIpc) is 2.35. The summed E-state index contributed by atoms with van der Waals surface area (Å²) in [6, 6.07) is 0. The Labute approximate surface area is 121 Å². The molecule has 0 aliphatic carbocycles. The number of rotatable bonds is 4. The smallest absolute Gasteiger partial charge is 0.410 e. The maximum Gasteiger partial charge on any atom is 0.410 e. The number of amides is 1. The predicted octanol–water partition coefficient (Wildman–Crippen LogP) is 2.98. The second-order valence-corrected chi connectivity index (χ2v) is 6.37. The van der Waals surface area contributed by atoms with Gasteiger partial charge in [-0.1, -0.05) is 6.92 Å². The van der Waals surface area contributed by atoms with Crippen LogP contribution < -0.4 is 0 Å². The molecule has 0 N–H and O–H groups in total. The standard InChI is InChI=1S/C15H27NO4/c1-5-7-13(17)19-11-12-8-6-9-16(10-12)14(18)20-15(2,3)4/h12H,5-11H2,1-4H3/t12-/m0/s1. The van der Waals surface area contributed by atoms with Gasteiger partial charge in [0.05, 0.1) is 6.61 Å². The molecule has 0 saturated carbocycles. The Morgan fingerprint density at radius 2 is 2.00 bits per heavy atom. The first kappa shape index (κ1) is 16.8. The zero-order valence-electron chi connectivity index (χ0n) is 13.1. The summed E-state index contributed by atoms with van der Waals surface area (Å²) in [4.78, 5) is 25.1. The SMILES string of the molecule is CCCC(=O)OC[C@H]1CCCN(C(=O)OC(C)(C)C)C1. The minimum Gasteiger partial charge on any atom is -0.465 e. The molecule has 116 valence electrons. The largest absolute Gasteiger partial charge is 0.465 e. The normalized spacial score (nSPS) is 19.6. The topological polar surface area (TPSA) is 55.8 Å². The summed E-state index contributed by atoms with van der Waals surface area (Å²) in [5.74, 6) is 0.0685. The van der Waals surface area contributed by atoms with Gasteiger partial charge >= 0.3 is 12.1 Å². The zero-order chi connectivity index (χ0) is 15.2. The van der Waals surface area contributed by atoms with Gasteiger partial charge < -0.3 is 14.4 Å². The van der Waals surface area contributed by atoms with Gasteiger partial charge in [-0.05, 0) is 40.0 Å². The molecule has 5 nitrogen and oxygen atoms in total. The third-order valence-electron chi connectivity index (χ3n) is 3.10. The van der Waals surface area contributed by atoms with E-state index >= 15 is 0 Å². The minimum absolute atomic E-state index is 0.151. The Bertz CT molecular complexity index is 335. The van der Waals surface area contributed by atoms with E-state index in [2.05, 4.69) is 0 Å². The number of esters is 1. The van der Waals surface area contributed by atoms with Crippen LogP contribution >= 0.6 is 0 Å². The highest BCUT2D eigenvalue weighted by atomic mass is 16.6. The van der Waals surface area contributed by atoms with E-state index in [-0.39, 0.29) is 18.0 Å². The first-order valence-corrected chi connectivity index (χ1v) is 7.45. The van der Waals surface area contributed by atoms with Crippen LogP contribution in [0.15, 0.2) is 0 Å². The quantitative estimate of drug-likeness (QED) is 0.745. The van der Waals surface area contributed by atoms with Crippen molar-refractivity contribution in [3.8, 4) is 0 Å². The molecule has 0 aromatic rings. The maximum atomic E-state index is 12.0. The summed E-state index contributed by atoms with van der Waals surface area (Å²) < 4.78 is 10.6. The lowest BCUT2D eigenvalue weighted by atomic mass is 9.99. The minimum atomic E-state index is -0.475.